The summed E-state index contributed by atoms with van der Waals surface area (Å²) < 4.78 is 28.1. The lowest BCUT2D eigenvalue weighted by Gasteiger charge is -2.17. The summed E-state index contributed by atoms with van der Waals surface area (Å²) in [7, 11) is -2.50. The molecule has 0 fully saturated rings. The summed E-state index contributed by atoms with van der Waals surface area (Å²) in [6, 6.07) is 0. The van der Waals surface area contributed by atoms with E-state index in [1.165, 1.54) is 0 Å². The molecule has 4 nitrogen and oxygen atoms in total. The molecule has 0 rings (SSSR count). The molecule has 0 aromatic carbocycles. The van der Waals surface area contributed by atoms with Gasteiger partial charge in [-0.1, -0.05) is 20.8 Å². The average molecular weight is 268 g/mol. The molecule has 0 aliphatic heterocycles. The van der Waals surface area contributed by atoms with Crippen molar-refractivity contribution in [3.63, 3.8) is 0 Å². The number of esters is 1. The van der Waals surface area contributed by atoms with Gasteiger partial charge in [-0.15, -0.1) is 0 Å². The van der Waals surface area contributed by atoms with Crippen molar-refractivity contribution in [1.82, 2.24) is 0 Å². The van der Waals surface area contributed by atoms with Gasteiger partial charge in [0.2, 0.25) is 8.87 Å². The molecule has 0 aliphatic rings. The van der Waals surface area contributed by atoms with Crippen LogP contribution in [0.15, 0.2) is 0 Å². The Labute approximate surface area is 101 Å². The Morgan fingerprint density at radius 3 is 2.25 bits per heavy atom. The van der Waals surface area contributed by atoms with Gasteiger partial charge in [0.15, 0.2) is 0 Å². The SMILES string of the molecule is CCCS(=O)(=O)SC(C(=O)OCC)C(C)C. The van der Waals surface area contributed by atoms with Crippen LogP contribution in [0.1, 0.15) is 34.1 Å². The fourth-order valence-electron chi connectivity index (χ4n) is 1.10. The molecular weight excluding hydrogens is 248 g/mol. The van der Waals surface area contributed by atoms with Crippen LogP contribution in [0.4, 0.5) is 0 Å². The molecule has 0 heterocycles. The largest absolute Gasteiger partial charge is 0.465 e. The van der Waals surface area contributed by atoms with Gasteiger partial charge in [0.25, 0.3) is 0 Å². The van der Waals surface area contributed by atoms with E-state index in [1.54, 1.807) is 13.8 Å². The number of carbonyl (C=O) groups is 1. The maximum Gasteiger partial charge on any atom is 0.320 e. The van der Waals surface area contributed by atoms with Crippen molar-refractivity contribution >= 4 is 25.6 Å². The quantitative estimate of drug-likeness (QED) is 0.522. The van der Waals surface area contributed by atoms with Crippen molar-refractivity contribution in [2.75, 3.05) is 12.4 Å². The Bertz CT molecular complexity index is 309. The third-order valence-corrected chi connectivity index (χ3v) is 5.98. The molecule has 96 valence electrons. The minimum absolute atomic E-state index is 0.0596. The predicted octanol–water partition coefficient (Wildman–Crippen LogP) is 2.05. The molecule has 16 heavy (non-hydrogen) atoms. The van der Waals surface area contributed by atoms with Crippen LogP contribution in [0.5, 0.6) is 0 Å². The Hall–Kier alpha value is -0.230. The topological polar surface area (TPSA) is 60.4 Å². The van der Waals surface area contributed by atoms with Crippen molar-refractivity contribution in [3.8, 4) is 0 Å². The third kappa shape index (κ3) is 5.75. The molecular formula is C10H20O4S2. The molecule has 0 aliphatic carbocycles. The van der Waals surface area contributed by atoms with Gasteiger partial charge in [0, 0.05) is 0 Å². The van der Waals surface area contributed by atoms with Crippen LogP contribution in [0.2, 0.25) is 0 Å². The zero-order chi connectivity index (χ0) is 12.8. The summed E-state index contributed by atoms with van der Waals surface area (Å²) in [4.78, 5) is 11.6. The second-order valence-electron chi connectivity index (χ2n) is 3.77. The Balaban J connectivity index is 4.63. The van der Waals surface area contributed by atoms with E-state index >= 15 is 0 Å². The first kappa shape index (κ1) is 15.8. The van der Waals surface area contributed by atoms with E-state index in [2.05, 4.69) is 0 Å². The maximum absolute atomic E-state index is 11.6. The Kier molecular flexibility index (Phi) is 7.06. The normalized spacial score (nSPS) is 13.8. The van der Waals surface area contributed by atoms with E-state index in [0.717, 1.165) is 10.8 Å². The van der Waals surface area contributed by atoms with Crippen LogP contribution >= 0.6 is 10.8 Å². The van der Waals surface area contributed by atoms with Gasteiger partial charge in [0.1, 0.15) is 5.25 Å². The highest BCUT2D eigenvalue weighted by Gasteiger charge is 2.29. The fraction of sp³-hybridized carbons (Fsp3) is 0.900. The van der Waals surface area contributed by atoms with E-state index in [-0.39, 0.29) is 18.3 Å². The molecule has 0 N–H and O–H groups in total. The molecule has 0 bridgehead atoms. The summed E-state index contributed by atoms with van der Waals surface area (Å²) in [5.41, 5.74) is 0. The number of carbonyl (C=O) groups excluding carboxylic acids is 1. The smallest absolute Gasteiger partial charge is 0.320 e. The van der Waals surface area contributed by atoms with Crippen LogP contribution in [0, 0.1) is 5.92 Å². The first-order chi connectivity index (χ1) is 7.34. The van der Waals surface area contributed by atoms with Crippen molar-refractivity contribution in [2.45, 2.75) is 39.4 Å². The maximum atomic E-state index is 11.6. The highest BCUT2D eigenvalue weighted by Crippen LogP contribution is 2.27. The standard InChI is InChI=1S/C10H20O4S2/c1-5-7-16(12,13)15-9(8(3)4)10(11)14-6-2/h8-9H,5-7H2,1-4H3. The molecule has 6 heteroatoms. The van der Waals surface area contributed by atoms with E-state index in [0.29, 0.717) is 6.42 Å². The van der Waals surface area contributed by atoms with Gasteiger partial charge in [-0.25, -0.2) is 8.42 Å². The highest BCUT2D eigenvalue weighted by molar-refractivity contribution is 8.72. The number of rotatable bonds is 7. The third-order valence-electron chi connectivity index (χ3n) is 1.83. The average Bonchev–Trinajstić information content (AvgIpc) is 2.14. The lowest BCUT2D eigenvalue weighted by Crippen LogP contribution is -2.27. The van der Waals surface area contributed by atoms with Crippen molar-refractivity contribution in [1.29, 1.82) is 0 Å². The van der Waals surface area contributed by atoms with Gasteiger partial charge in [0.05, 0.1) is 12.4 Å². The summed E-state index contributed by atoms with van der Waals surface area (Å²) in [6.45, 7) is 7.41. The molecule has 0 spiro atoms. The lowest BCUT2D eigenvalue weighted by atomic mass is 10.1. The van der Waals surface area contributed by atoms with E-state index in [9.17, 15) is 13.2 Å². The highest BCUT2D eigenvalue weighted by atomic mass is 33.1. The zero-order valence-corrected chi connectivity index (χ0v) is 11.9. The van der Waals surface area contributed by atoms with Crippen molar-refractivity contribution in [3.05, 3.63) is 0 Å². The van der Waals surface area contributed by atoms with Gasteiger partial charge in [-0.05, 0) is 30.1 Å². The van der Waals surface area contributed by atoms with E-state index in [1.807, 2.05) is 13.8 Å². The summed E-state index contributed by atoms with van der Waals surface area (Å²) in [6.07, 6.45) is 0.559. The second kappa shape index (κ2) is 7.17. The van der Waals surface area contributed by atoms with Gasteiger partial charge < -0.3 is 4.74 Å². The number of hydrogen-bond acceptors (Lipinski definition) is 5. The van der Waals surface area contributed by atoms with Crippen molar-refractivity contribution in [2.24, 2.45) is 5.92 Å². The molecule has 0 aromatic rings. The molecule has 0 radical (unpaired) electrons. The number of ether oxygens (including phenoxy) is 1. The minimum atomic E-state index is -3.22. The number of hydrogen-bond donors (Lipinski definition) is 0. The van der Waals surface area contributed by atoms with Crippen LogP contribution in [-0.2, 0) is 18.4 Å². The Morgan fingerprint density at radius 1 is 1.31 bits per heavy atom. The van der Waals surface area contributed by atoms with Crippen LogP contribution in [0.3, 0.4) is 0 Å². The summed E-state index contributed by atoms with van der Waals surface area (Å²) >= 11 is 0. The van der Waals surface area contributed by atoms with Crippen molar-refractivity contribution < 1.29 is 17.9 Å². The lowest BCUT2D eigenvalue weighted by molar-refractivity contribution is -0.143. The van der Waals surface area contributed by atoms with Gasteiger partial charge >= 0.3 is 5.97 Å². The molecule has 1 unspecified atom stereocenters. The van der Waals surface area contributed by atoms with Crippen LogP contribution in [0.25, 0.3) is 0 Å². The van der Waals surface area contributed by atoms with Crippen LogP contribution < -0.4 is 0 Å². The molecule has 1 atom stereocenters. The van der Waals surface area contributed by atoms with Gasteiger partial charge in [-0.2, -0.15) is 0 Å². The molecule has 0 saturated heterocycles. The van der Waals surface area contributed by atoms with Gasteiger partial charge in [-0.3, -0.25) is 4.79 Å². The Morgan fingerprint density at radius 2 is 1.88 bits per heavy atom. The molecule has 0 aromatic heterocycles. The summed E-state index contributed by atoms with van der Waals surface area (Å²) in [5, 5.41) is -0.628. The second-order valence-corrected chi connectivity index (χ2v) is 8.10. The fourth-order valence-corrected chi connectivity index (χ4v) is 5.02. The zero-order valence-electron chi connectivity index (χ0n) is 10.2. The monoisotopic (exact) mass is 268 g/mol. The van der Waals surface area contributed by atoms with Crippen LogP contribution in [-0.4, -0.2) is 32.0 Å². The van der Waals surface area contributed by atoms with E-state index in [4.69, 9.17) is 4.74 Å². The first-order valence-corrected chi connectivity index (χ1v) is 8.46. The summed E-state index contributed by atoms with van der Waals surface area (Å²) in [5.74, 6) is -0.404. The molecule has 0 amide bonds. The first-order valence-electron chi connectivity index (χ1n) is 5.41. The molecule has 0 saturated carbocycles. The minimum Gasteiger partial charge on any atom is -0.465 e. The van der Waals surface area contributed by atoms with E-state index < -0.39 is 20.1 Å². The predicted molar refractivity (Wildman–Crippen MR) is 66.9 cm³/mol.